The van der Waals surface area contributed by atoms with Gasteiger partial charge in [-0.1, -0.05) is 54.5 Å². The van der Waals surface area contributed by atoms with Gasteiger partial charge in [0.15, 0.2) is 12.4 Å². The van der Waals surface area contributed by atoms with E-state index in [2.05, 4.69) is 101 Å². The van der Waals surface area contributed by atoms with Crippen molar-refractivity contribution in [2.75, 3.05) is 0 Å². The van der Waals surface area contributed by atoms with E-state index < -0.39 is 0 Å². The molecule has 0 saturated heterocycles. The Morgan fingerprint density at radius 2 is 1.11 bits per heavy atom. The molecule has 0 spiro atoms. The molecule has 0 aliphatic carbocycles. The molecule has 1 aromatic heterocycles. The number of pyridine rings is 1. The van der Waals surface area contributed by atoms with E-state index in [9.17, 15) is 0 Å². The predicted molar refractivity (Wildman–Crippen MR) is 116 cm³/mol. The molecular weight excluding hydrogens is 338 g/mol. The number of hydrogen-bond acceptors (Lipinski definition) is 0. The van der Waals surface area contributed by atoms with Crippen LogP contribution < -0.4 is 4.57 Å². The van der Waals surface area contributed by atoms with Gasteiger partial charge in [0.05, 0.1) is 0 Å². The Balaban J connectivity index is 1.73. The highest BCUT2D eigenvalue weighted by Gasteiger charge is 2.06. The largest absolute Gasteiger partial charge is 0.207 e. The molecule has 3 aromatic carbocycles. The Labute approximate surface area is 166 Å². The van der Waals surface area contributed by atoms with Gasteiger partial charge in [-0.05, 0) is 65.1 Å². The van der Waals surface area contributed by atoms with Crippen LogP contribution in [0.2, 0.25) is 0 Å². The van der Waals surface area contributed by atoms with Gasteiger partial charge in [-0.15, -0.1) is 5.92 Å². The molecule has 0 fully saturated rings. The van der Waals surface area contributed by atoms with Gasteiger partial charge in [0, 0.05) is 17.2 Å². The smallest absolute Gasteiger partial charge is 0.176 e. The number of aryl methyl sites for hydroxylation is 1. The lowest BCUT2D eigenvalue weighted by molar-refractivity contribution is -0.671. The minimum Gasteiger partial charge on any atom is -0.207 e. The van der Waals surface area contributed by atoms with E-state index in [4.69, 9.17) is 0 Å². The lowest BCUT2D eigenvalue weighted by atomic mass is 9.96. The molecule has 4 rings (SSSR count). The minimum absolute atomic E-state index is 1.05. The zero-order valence-electron chi connectivity index (χ0n) is 16.2. The fourth-order valence-corrected chi connectivity index (χ4v) is 3.44. The minimum atomic E-state index is 1.05. The van der Waals surface area contributed by atoms with Crippen molar-refractivity contribution in [3.8, 4) is 45.2 Å². The second-order valence-corrected chi connectivity index (χ2v) is 6.88. The molecule has 0 N–H and O–H groups in total. The van der Waals surface area contributed by atoms with Crippen LogP contribution in [0, 0.1) is 11.8 Å². The van der Waals surface area contributed by atoms with Crippen molar-refractivity contribution in [2.24, 2.45) is 7.05 Å². The summed E-state index contributed by atoms with van der Waals surface area (Å²) in [4.78, 5) is 0. The van der Waals surface area contributed by atoms with Crippen LogP contribution in [0.1, 0.15) is 12.5 Å². The topological polar surface area (TPSA) is 3.88 Å². The van der Waals surface area contributed by atoms with E-state index in [0.717, 1.165) is 5.56 Å². The van der Waals surface area contributed by atoms with Crippen molar-refractivity contribution < 1.29 is 4.57 Å². The van der Waals surface area contributed by atoms with Crippen LogP contribution in [0.4, 0.5) is 0 Å². The summed E-state index contributed by atoms with van der Waals surface area (Å²) >= 11 is 0. The Kier molecular flexibility index (Phi) is 5.04. The lowest BCUT2D eigenvalue weighted by Gasteiger charge is -2.08. The van der Waals surface area contributed by atoms with Gasteiger partial charge in [0.25, 0.3) is 0 Å². The number of aromatic nitrogens is 1. The monoisotopic (exact) mass is 360 g/mol. The fourth-order valence-electron chi connectivity index (χ4n) is 3.44. The number of hydrogen-bond donors (Lipinski definition) is 0. The maximum absolute atomic E-state index is 3.14. The molecule has 1 heterocycles. The summed E-state index contributed by atoms with van der Waals surface area (Å²) in [5.74, 6) is 6.12. The molecule has 0 atom stereocenters. The summed E-state index contributed by atoms with van der Waals surface area (Å²) in [5, 5.41) is 0. The highest BCUT2D eigenvalue weighted by atomic mass is 14.9. The van der Waals surface area contributed by atoms with Crippen molar-refractivity contribution >= 4 is 0 Å². The van der Waals surface area contributed by atoms with Crippen molar-refractivity contribution in [3.63, 3.8) is 0 Å². The van der Waals surface area contributed by atoms with Gasteiger partial charge in [0.2, 0.25) is 0 Å². The van der Waals surface area contributed by atoms with Gasteiger partial charge in [-0.2, -0.15) is 0 Å². The van der Waals surface area contributed by atoms with Gasteiger partial charge < -0.3 is 0 Å². The van der Waals surface area contributed by atoms with Gasteiger partial charge in [-0.25, -0.2) is 4.57 Å². The quantitative estimate of drug-likeness (QED) is 0.317. The maximum Gasteiger partial charge on any atom is 0.176 e. The second kappa shape index (κ2) is 7.94. The SMILES string of the molecule is CC#Cc1cccc(-c2cccc(-c3cccc(-c4ccc[n+](C)c4)c3)c2)c1. The molecule has 0 aliphatic rings. The fraction of sp³-hybridized carbons (Fsp3) is 0.0741. The third kappa shape index (κ3) is 3.87. The van der Waals surface area contributed by atoms with Crippen LogP contribution in [0.15, 0.2) is 97.3 Å². The van der Waals surface area contributed by atoms with Crippen LogP contribution in [-0.2, 0) is 7.05 Å². The van der Waals surface area contributed by atoms with E-state index in [-0.39, 0.29) is 0 Å². The van der Waals surface area contributed by atoms with E-state index in [1.165, 1.54) is 33.4 Å². The first-order chi connectivity index (χ1) is 13.7. The van der Waals surface area contributed by atoms with E-state index >= 15 is 0 Å². The zero-order valence-corrected chi connectivity index (χ0v) is 16.2. The molecule has 0 unspecified atom stereocenters. The van der Waals surface area contributed by atoms with Gasteiger partial charge in [0.1, 0.15) is 7.05 Å². The molecular formula is C27H22N+. The number of benzene rings is 3. The normalized spacial score (nSPS) is 10.2. The third-order valence-electron chi connectivity index (χ3n) is 4.80. The first-order valence-corrected chi connectivity index (χ1v) is 9.42. The van der Waals surface area contributed by atoms with E-state index in [1.54, 1.807) is 0 Å². The molecule has 4 aromatic rings. The molecule has 0 amide bonds. The number of nitrogens with zero attached hydrogens (tertiary/aromatic N) is 1. The third-order valence-corrected chi connectivity index (χ3v) is 4.80. The maximum atomic E-state index is 3.14. The summed E-state index contributed by atoms with van der Waals surface area (Å²) < 4.78 is 2.08. The molecule has 134 valence electrons. The van der Waals surface area contributed by atoms with Gasteiger partial charge >= 0.3 is 0 Å². The Hall–Kier alpha value is -3.63. The first-order valence-electron chi connectivity index (χ1n) is 9.42. The summed E-state index contributed by atoms with van der Waals surface area (Å²) in [7, 11) is 2.05. The van der Waals surface area contributed by atoms with E-state index in [1.807, 2.05) is 26.2 Å². The molecule has 1 nitrogen and oxygen atoms in total. The molecule has 28 heavy (non-hydrogen) atoms. The highest BCUT2D eigenvalue weighted by molar-refractivity contribution is 5.77. The lowest BCUT2D eigenvalue weighted by Crippen LogP contribution is -2.26. The Morgan fingerprint density at radius 1 is 0.607 bits per heavy atom. The van der Waals surface area contributed by atoms with Gasteiger partial charge in [-0.3, -0.25) is 0 Å². The molecule has 0 aliphatic heterocycles. The summed E-state index contributed by atoms with van der Waals surface area (Å²) in [6.07, 6.45) is 4.20. The van der Waals surface area contributed by atoms with Crippen LogP contribution in [-0.4, -0.2) is 0 Å². The zero-order chi connectivity index (χ0) is 19.3. The van der Waals surface area contributed by atoms with Crippen molar-refractivity contribution in [2.45, 2.75) is 6.92 Å². The second-order valence-electron chi connectivity index (χ2n) is 6.88. The average Bonchev–Trinajstić information content (AvgIpc) is 2.74. The molecule has 0 bridgehead atoms. The van der Waals surface area contributed by atoms with E-state index in [0.29, 0.717) is 0 Å². The molecule has 1 heteroatoms. The molecule has 0 radical (unpaired) electrons. The first kappa shape index (κ1) is 17.8. The van der Waals surface area contributed by atoms with Crippen molar-refractivity contribution in [1.82, 2.24) is 0 Å². The van der Waals surface area contributed by atoms with Crippen LogP contribution >= 0.6 is 0 Å². The van der Waals surface area contributed by atoms with Crippen molar-refractivity contribution in [1.29, 1.82) is 0 Å². The van der Waals surface area contributed by atoms with Crippen molar-refractivity contribution in [3.05, 3.63) is 103 Å². The van der Waals surface area contributed by atoms with Crippen LogP contribution in [0.25, 0.3) is 33.4 Å². The average molecular weight is 360 g/mol. The summed E-state index contributed by atoms with van der Waals surface area (Å²) in [5.41, 5.74) is 8.31. The Bertz CT molecular complexity index is 1190. The Morgan fingerprint density at radius 3 is 1.68 bits per heavy atom. The molecule has 0 saturated carbocycles. The predicted octanol–water partition coefficient (Wildman–Crippen LogP) is 5.88. The highest BCUT2D eigenvalue weighted by Crippen LogP contribution is 2.29. The van der Waals surface area contributed by atoms with Crippen LogP contribution in [0.3, 0.4) is 0 Å². The summed E-state index contributed by atoms with van der Waals surface area (Å²) in [6, 6.07) is 30.0. The summed E-state index contributed by atoms with van der Waals surface area (Å²) in [6.45, 7) is 1.87. The number of rotatable bonds is 3. The standard InChI is InChI=1S/C27H22N/c1-3-8-21-9-4-10-22(17-21)23-11-5-12-24(18-23)25-13-6-14-26(19-25)27-15-7-16-28(2)20-27/h4-7,9-20H,1-2H3/q+1. The van der Waals surface area contributed by atoms with Crippen LogP contribution in [0.5, 0.6) is 0 Å².